The van der Waals surface area contributed by atoms with E-state index in [0.717, 1.165) is 31.0 Å². The van der Waals surface area contributed by atoms with Gasteiger partial charge in [0.2, 0.25) is 0 Å². The van der Waals surface area contributed by atoms with E-state index in [9.17, 15) is 9.59 Å². The molecule has 7 heteroatoms. The van der Waals surface area contributed by atoms with Gasteiger partial charge in [-0.1, -0.05) is 0 Å². The molecular formula is C17H28N4O3. The van der Waals surface area contributed by atoms with Crippen molar-refractivity contribution in [3.05, 3.63) is 18.3 Å². The third-order valence-electron chi connectivity index (χ3n) is 2.82. The Morgan fingerprint density at radius 3 is 2.29 bits per heavy atom. The smallest absolute Gasteiger partial charge is 0.310 e. The molecule has 1 heterocycles. The summed E-state index contributed by atoms with van der Waals surface area (Å²) in [7, 11) is 6.27. The minimum absolute atomic E-state index is 0.562. The molecule has 0 aliphatic rings. The van der Waals surface area contributed by atoms with Crippen molar-refractivity contribution in [3.8, 4) is 0 Å². The maximum atomic E-state index is 9.81. The molecule has 1 aromatic rings. The Morgan fingerprint density at radius 2 is 1.83 bits per heavy atom. The van der Waals surface area contributed by atoms with Crippen LogP contribution >= 0.6 is 0 Å². The van der Waals surface area contributed by atoms with Crippen LogP contribution in [-0.4, -0.2) is 62.3 Å². The molecule has 0 N–H and O–H groups in total. The third-order valence-corrected chi connectivity index (χ3v) is 2.82. The molecule has 0 spiro atoms. The van der Waals surface area contributed by atoms with Crippen LogP contribution in [-0.2, 0) is 14.3 Å². The Hall–Kier alpha value is -2.28. The number of rotatable bonds is 6. The Kier molecular flexibility index (Phi) is 11.0. The van der Waals surface area contributed by atoms with E-state index < -0.39 is 11.9 Å². The van der Waals surface area contributed by atoms with Crippen molar-refractivity contribution in [1.82, 2.24) is 9.88 Å². The van der Waals surface area contributed by atoms with Crippen molar-refractivity contribution in [1.29, 1.82) is 0 Å². The largest absolute Gasteiger partial charge is 0.394 e. The summed E-state index contributed by atoms with van der Waals surface area (Å²) in [6, 6.07) is 4.01. The van der Waals surface area contributed by atoms with Crippen molar-refractivity contribution in [2.75, 3.05) is 39.1 Å². The summed E-state index contributed by atoms with van der Waals surface area (Å²) in [6.45, 7) is 6.38. The molecule has 0 bridgehead atoms. The van der Waals surface area contributed by atoms with Gasteiger partial charge in [0, 0.05) is 39.9 Å². The van der Waals surface area contributed by atoms with Crippen LogP contribution in [0.2, 0.25) is 0 Å². The first kappa shape index (κ1) is 21.7. The number of carbonyl (C=O) groups excluding carboxylic acids is 2. The number of esters is 2. The summed E-state index contributed by atoms with van der Waals surface area (Å²) in [5.41, 5.74) is 1.09. The van der Waals surface area contributed by atoms with Gasteiger partial charge in [0.15, 0.2) is 5.82 Å². The van der Waals surface area contributed by atoms with E-state index in [4.69, 9.17) is 0 Å². The van der Waals surface area contributed by atoms with Gasteiger partial charge in [-0.25, -0.2) is 9.98 Å². The lowest BCUT2D eigenvalue weighted by Crippen LogP contribution is -2.23. The number of ether oxygens (including phenoxy) is 1. The van der Waals surface area contributed by atoms with Crippen LogP contribution in [0.1, 0.15) is 27.2 Å². The predicted molar refractivity (Wildman–Crippen MR) is 97.0 cm³/mol. The Bertz CT molecular complexity index is 532. The fraction of sp³-hybridized carbons (Fsp3) is 0.529. The topological polar surface area (TPSA) is 75.1 Å². The van der Waals surface area contributed by atoms with Gasteiger partial charge in [0.25, 0.3) is 0 Å². The van der Waals surface area contributed by atoms with Gasteiger partial charge in [-0.05, 0) is 46.1 Å². The number of aliphatic imine (C=N–C) groups is 1. The van der Waals surface area contributed by atoms with Crippen molar-refractivity contribution in [3.63, 3.8) is 0 Å². The van der Waals surface area contributed by atoms with Crippen LogP contribution in [0.4, 0.5) is 11.5 Å². The van der Waals surface area contributed by atoms with Gasteiger partial charge in [-0.15, -0.1) is 0 Å². The molecule has 0 unspecified atom stereocenters. The first-order valence-electron chi connectivity index (χ1n) is 7.76. The fourth-order valence-electron chi connectivity index (χ4n) is 1.86. The molecular weight excluding hydrogens is 308 g/mol. The molecule has 0 aliphatic heterocycles. The van der Waals surface area contributed by atoms with Crippen molar-refractivity contribution in [2.24, 2.45) is 4.99 Å². The number of anilines is 1. The third kappa shape index (κ3) is 10.4. The Balaban J connectivity index is 0.000000640. The quantitative estimate of drug-likeness (QED) is 0.451. The van der Waals surface area contributed by atoms with Gasteiger partial charge in [-0.3, -0.25) is 9.59 Å². The number of hydrogen-bond donors (Lipinski definition) is 0. The molecule has 134 valence electrons. The first-order chi connectivity index (χ1) is 11.3. The SMILES string of the molecule is CC(=O)OC(C)=O.CC=Nc1ncccc1N(C)CCCN(C)C. The summed E-state index contributed by atoms with van der Waals surface area (Å²) in [4.78, 5) is 32.6. The second-order valence-corrected chi connectivity index (χ2v) is 5.40. The summed E-state index contributed by atoms with van der Waals surface area (Å²) >= 11 is 0. The minimum atomic E-state index is -0.562. The standard InChI is InChI=1S/C13H22N4.C4H6O3/c1-5-14-13-12(8-6-9-15-13)17(4)11-7-10-16(2)3;1-3(5)7-4(2)6/h5-6,8-9H,7,10-11H2,1-4H3;1-2H3. The zero-order valence-electron chi connectivity index (χ0n) is 15.4. The molecule has 0 saturated carbocycles. The van der Waals surface area contributed by atoms with Crippen LogP contribution < -0.4 is 4.90 Å². The second kappa shape index (κ2) is 12.2. The van der Waals surface area contributed by atoms with E-state index in [2.05, 4.69) is 51.7 Å². The highest BCUT2D eigenvalue weighted by molar-refractivity contribution is 5.82. The van der Waals surface area contributed by atoms with Crippen LogP contribution in [0.25, 0.3) is 0 Å². The van der Waals surface area contributed by atoms with Gasteiger partial charge >= 0.3 is 11.9 Å². The Labute approximate surface area is 144 Å². The highest BCUT2D eigenvalue weighted by Gasteiger charge is 2.06. The van der Waals surface area contributed by atoms with Crippen LogP contribution in [0.5, 0.6) is 0 Å². The van der Waals surface area contributed by atoms with E-state index in [1.165, 1.54) is 13.8 Å². The number of aromatic nitrogens is 1. The molecule has 0 amide bonds. The molecule has 0 atom stereocenters. The highest BCUT2D eigenvalue weighted by atomic mass is 16.6. The van der Waals surface area contributed by atoms with E-state index >= 15 is 0 Å². The zero-order valence-corrected chi connectivity index (χ0v) is 15.4. The first-order valence-corrected chi connectivity index (χ1v) is 7.76. The lowest BCUT2D eigenvalue weighted by molar-refractivity contribution is -0.156. The van der Waals surface area contributed by atoms with E-state index in [1.807, 2.05) is 13.0 Å². The summed E-state index contributed by atoms with van der Waals surface area (Å²) in [5, 5.41) is 0. The van der Waals surface area contributed by atoms with Gasteiger partial charge in [-0.2, -0.15) is 0 Å². The molecule has 24 heavy (non-hydrogen) atoms. The van der Waals surface area contributed by atoms with Crippen LogP contribution in [0.15, 0.2) is 23.3 Å². The lowest BCUT2D eigenvalue weighted by atomic mass is 10.3. The van der Waals surface area contributed by atoms with Gasteiger partial charge in [0.05, 0.1) is 5.69 Å². The maximum Gasteiger partial charge on any atom is 0.310 e. The molecule has 0 fully saturated rings. The monoisotopic (exact) mass is 336 g/mol. The average Bonchev–Trinajstić information content (AvgIpc) is 2.46. The molecule has 7 nitrogen and oxygen atoms in total. The second-order valence-electron chi connectivity index (χ2n) is 5.40. The fourth-order valence-corrected chi connectivity index (χ4v) is 1.86. The van der Waals surface area contributed by atoms with Crippen LogP contribution in [0, 0.1) is 0 Å². The predicted octanol–water partition coefficient (Wildman–Crippen LogP) is 2.29. The molecule has 0 aliphatic carbocycles. The zero-order chi connectivity index (χ0) is 18.5. The number of carbonyl (C=O) groups is 2. The summed E-state index contributed by atoms with van der Waals surface area (Å²) in [6.07, 6.45) is 4.69. The molecule has 0 saturated heterocycles. The van der Waals surface area contributed by atoms with Gasteiger partial charge < -0.3 is 14.5 Å². The number of hydrogen-bond acceptors (Lipinski definition) is 7. The van der Waals surface area contributed by atoms with E-state index in [1.54, 1.807) is 12.4 Å². The highest BCUT2D eigenvalue weighted by Crippen LogP contribution is 2.24. The van der Waals surface area contributed by atoms with Gasteiger partial charge in [0.1, 0.15) is 0 Å². The summed E-state index contributed by atoms with van der Waals surface area (Å²) in [5.74, 6) is -0.331. The maximum absolute atomic E-state index is 9.81. The lowest BCUT2D eigenvalue weighted by Gasteiger charge is -2.21. The molecule has 0 radical (unpaired) electrons. The molecule has 0 aromatic carbocycles. The number of nitrogens with zero attached hydrogens (tertiary/aromatic N) is 4. The average molecular weight is 336 g/mol. The Morgan fingerprint density at radius 1 is 1.21 bits per heavy atom. The minimum Gasteiger partial charge on any atom is -0.394 e. The van der Waals surface area contributed by atoms with Crippen molar-refractivity contribution < 1.29 is 14.3 Å². The number of pyridine rings is 1. The molecule has 1 aromatic heterocycles. The van der Waals surface area contributed by atoms with E-state index in [0.29, 0.717) is 0 Å². The van der Waals surface area contributed by atoms with Crippen molar-refractivity contribution in [2.45, 2.75) is 27.2 Å². The van der Waals surface area contributed by atoms with Crippen molar-refractivity contribution >= 4 is 29.7 Å². The normalized spacial score (nSPS) is 10.3. The van der Waals surface area contributed by atoms with E-state index in [-0.39, 0.29) is 0 Å². The molecule has 1 rings (SSSR count). The van der Waals surface area contributed by atoms with Crippen LogP contribution in [0.3, 0.4) is 0 Å². The summed E-state index contributed by atoms with van der Waals surface area (Å²) < 4.78 is 3.97.